The van der Waals surface area contributed by atoms with E-state index in [1.807, 2.05) is 0 Å². The van der Waals surface area contributed by atoms with Crippen LogP contribution in [0.5, 0.6) is 0 Å². The summed E-state index contributed by atoms with van der Waals surface area (Å²) in [5.74, 6) is -18.1. The van der Waals surface area contributed by atoms with Gasteiger partial charge in [0.1, 0.15) is 72.5 Å². The molecule has 0 spiro atoms. The van der Waals surface area contributed by atoms with Gasteiger partial charge in [-0.15, -0.1) is 24.9 Å². The van der Waals surface area contributed by atoms with E-state index in [4.69, 9.17) is 22.6 Å². The summed E-state index contributed by atoms with van der Waals surface area (Å²) < 4.78 is 0. The molecule has 3 aromatic carbocycles. The number of amides is 16. The van der Waals surface area contributed by atoms with Crippen LogP contribution in [-0.2, 0) is 107 Å². The summed E-state index contributed by atoms with van der Waals surface area (Å²) in [5, 5.41) is 47.1. The summed E-state index contributed by atoms with van der Waals surface area (Å²) in [7, 11) is 5.29. The lowest BCUT2D eigenvalue weighted by atomic mass is 9.92. The quantitative estimate of drug-likeness (QED) is 0.0123. The number of likely N-dealkylation sites (N-methyl/N-ethyl adjacent to an activating group) is 4. The number of benzene rings is 3. The van der Waals surface area contributed by atoms with Crippen molar-refractivity contribution in [3.05, 3.63) is 151 Å². The number of nitrogens with zero attached hydrogens (tertiary/aromatic N) is 6. The molecule has 736 valence electrons. The van der Waals surface area contributed by atoms with Crippen molar-refractivity contribution in [1.82, 2.24) is 97.6 Å². The maximum Gasteiger partial charge on any atom is 0.246 e. The predicted molar refractivity (Wildman–Crippen MR) is 509 cm³/mol. The van der Waals surface area contributed by atoms with Gasteiger partial charge in [0, 0.05) is 125 Å². The molecule has 21 N–H and O–H groups in total. The lowest BCUT2D eigenvalue weighted by molar-refractivity contribution is -0.149. The number of aliphatic hydroxyl groups is 1. The van der Waals surface area contributed by atoms with Gasteiger partial charge >= 0.3 is 0 Å². The minimum atomic E-state index is -1.83. The van der Waals surface area contributed by atoms with E-state index in [9.17, 15) is 57.8 Å². The number of para-hydroxylation sites is 2. The molecule has 13 atom stereocenters. The monoisotopic (exact) mass is 1900 g/mol. The van der Waals surface area contributed by atoms with Crippen LogP contribution in [0.3, 0.4) is 0 Å². The van der Waals surface area contributed by atoms with Gasteiger partial charge in [-0.2, -0.15) is 0 Å². The number of ketones is 1. The number of Topliss-reactive ketones (excluding diaryl/α,β-unsaturated/α-hetero) is 1. The van der Waals surface area contributed by atoms with E-state index >= 15 is 28.8 Å². The molecule has 136 heavy (non-hydrogen) atoms. The largest absolute Gasteiger partial charge is 0.394 e. The fraction of sp³-hybridized carbons (Fsp3) is 0.500. The van der Waals surface area contributed by atoms with E-state index in [2.05, 4.69) is 86.3 Å². The number of unbranched alkanes of at least 4 members (excludes halogenated alkanes) is 4. The lowest BCUT2D eigenvalue weighted by Crippen LogP contribution is -2.61. The Balaban J connectivity index is 1.20. The minimum Gasteiger partial charge on any atom is -0.394 e. The molecule has 6 aromatic rings. The summed E-state index contributed by atoms with van der Waals surface area (Å²) in [4.78, 5) is 269. The van der Waals surface area contributed by atoms with Gasteiger partial charge in [0.25, 0.3) is 0 Å². The summed E-state index contributed by atoms with van der Waals surface area (Å²) in [6.45, 7) is 10.1. The highest BCUT2D eigenvalue weighted by atomic mass is 32.2. The van der Waals surface area contributed by atoms with Crippen molar-refractivity contribution >= 4 is 140 Å². The summed E-state index contributed by atoms with van der Waals surface area (Å²) in [5.41, 5.74) is 20.2. The molecule has 2 aliphatic rings. The van der Waals surface area contributed by atoms with Crippen molar-refractivity contribution in [3.8, 4) is 0 Å². The van der Waals surface area contributed by atoms with E-state index < -0.39 is 229 Å². The first-order valence-corrected chi connectivity index (χ1v) is 46.8. The lowest BCUT2D eigenvalue weighted by Gasteiger charge is -2.36. The Bertz CT molecular complexity index is 5200. The first-order chi connectivity index (χ1) is 64.9. The van der Waals surface area contributed by atoms with E-state index in [1.54, 1.807) is 117 Å². The fourth-order valence-electron chi connectivity index (χ4n) is 16.5. The number of rotatable bonds is 30. The molecule has 3 aromatic heterocycles. The normalized spacial score (nSPS) is 23.2. The van der Waals surface area contributed by atoms with Crippen LogP contribution in [0.2, 0.25) is 0 Å². The summed E-state index contributed by atoms with van der Waals surface area (Å²) in [6, 6.07) is 4.48. The van der Waals surface area contributed by atoms with Crippen molar-refractivity contribution in [3.63, 3.8) is 0 Å². The van der Waals surface area contributed by atoms with Crippen LogP contribution in [0.25, 0.3) is 21.8 Å². The molecule has 2 fully saturated rings. The first-order valence-electron chi connectivity index (χ1n) is 45.6. The fourth-order valence-corrected chi connectivity index (χ4v) is 17.4. The third kappa shape index (κ3) is 32.0. The van der Waals surface area contributed by atoms with Crippen molar-refractivity contribution < 1.29 is 86.6 Å². The van der Waals surface area contributed by atoms with E-state index in [0.717, 1.165) is 36.3 Å². The molecular formula is C94H131N23O18S. The third-order valence-electron chi connectivity index (χ3n) is 24.0. The Labute approximate surface area is 793 Å². The molecule has 0 radical (unpaired) electrons. The predicted octanol–water partition coefficient (Wildman–Crippen LogP) is 0.0652. The number of nitrogens with two attached hydrogens (primary N) is 3. The molecule has 0 unspecified atom stereocenters. The summed E-state index contributed by atoms with van der Waals surface area (Å²) in [6.07, 6.45) is 9.68. The number of primary amides is 2. The molecule has 42 heteroatoms. The number of H-pyrrole nitrogens is 3. The highest BCUT2D eigenvalue weighted by Gasteiger charge is 2.44. The zero-order chi connectivity index (χ0) is 99.4. The van der Waals surface area contributed by atoms with E-state index in [0.29, 0.717) is 82.7 Å². The number of hydrogen-bond donors (Lipinski definition) is 18. The van der Waals surface area contributed by atoms with Crippen LogP contribution in [0.4, 0.5) is 0 Å². The molecule has 0 aliphatic carbocycles. The number of fused-ring (bicyclic) bond motifs is 3. The third-order valence-corrected chi connectivity index (χ3v) is 25.1. The van der Waals surface area contributed by atoms with Crippen LogP contribution in [-0.4, -0.2) is 301 Å². The van der Waals surface area contributed by atoms with Crippen molar-refractivity contribution in [2.45, 2.75) is 215 Å². The number of guanidine groups is 1. The average molecular weight is 1900 g/mol. The Hall–Kier alpha value is -13.8. The molecular weight excluding hydrogens is 1770 g/mol. The van der Waals surface area contributed by atoms with Gasteiger partial charge in [-0.05, 0) is 119 Å². The van der Waals surface area contributed by atoms with Gasteiger partial charge in [-0.25, -0.2) is 4.98 Å². The number of hydrogen-bond acceptors (Lipinski definition) is 21. The molecule has 2 aliphatic heterocycles. The number of aromatic nitrogens is 4. The van der Waals surface area contributed by atoms with Crippen molar-refractivity contribution in [2.75, 3.05) is 72.5 Å². The van der Waals surface area contributed by atoms with Gasteiger partial charge in [-0.1, -0.05) is 106 Å². The maximum atomic E-state index is 15.9. The maximum absolute atomic E-state index is 15.9. The molecule has 16 amide bonds. The Morgan fingerprint density at radius 2 is 1.13 bits per heavy atom. The second-order valence-electron chi connectivity index (χ2n) is 34.8. The van der Waals surface area contributed by atoms with E-state index in [1.165, 1.54) is 47.6 Å². The minimum absolute atomic E-state index is 0.00960. The first kappa shape index (κ1) is 108. The molecule has 41 nitrogen and oxygen atoms in total. The smallest absolute Gasteiger partial charge is 0.246 e. The van der Waals surface area contributed by atoms with Gasteiger partial charge in [0.05, 0.1) is 38.2 Å². The number of allylic oxidation sites excluding steroid dienone is 2. The number of carbonyl (C=O) groups is 17. The number of thioether (sulfide) groups is 1. The molecule has 5 heterocycles. The number of carbonyl (C=O) groups excluding carboxylic acids is 17. The second kappa shape index (κ2) is 53.3. The highest BCUT2D eigenvalue weighted by Crippen LogP contribution is 2.28. The Morgan fingerprint density at radius 1 is 0.566 bits per heavy atom. The van der Waals surface area contributed by atoms with Crippen LogP contribution in [0, 0.1) is 17.2 Å². The Kier molecular flexibility index (Phi) is 42.2. The number of aromatic amines is 3. The van der Waals surface area contributed by atoms with Gasteiger partial charge < -0.3 is 115 Å². The number of aliphatic hydroxyl groups excluding tert-OH is 1. The van der Waals surface area contributed by atoms with Gasteiger partial charge in [0.2, 0.25) is 94.5 Å². The van der Waals surface area contributed by atoms with Crippen LogP contribution < -0.4 is 70.4 Å². The summed E-state index contributed by atoms with van der Waals surface area (Å²) >= 11 is 0.792. The van der Waals surface area contributed by atoms with Gasteiger partial charge in [0.15, 0.2) is 11.7 Å². The highest BCUT2D eigenvalue weighted by molar-refractivity contribution is 8.00. The number of imidazole rings is 1. The van der Waals surface area contributed by atoms with Crippen LogP contribution in [0.1, 0.15) is 139 Å². The van der Waals surface area contributed by atoms with Crippen LogP contribution >= 0.6 is 11.8 Å². The second-order valence-corrected chi connectivity index (χ2v) is 35.9. The zero-order valence-electron chi connectivity index (χ0n) is 78.1. The molecule has 2 saturated heterocycles. The standard InChI is InChI=1S/C94H131N23O18S/c1-10-12-14-19-34-75-87(129)106-67(33-25-37-100-94(97)98)84(126)112-74(83(125)103-49-79(96)121)52-136-53-80(122)105-70(40-57-27-17-16-18-28-57)90(132)114(7)56(5)81(123)108-72(45-78(95)120)92(134)117-38-26-36-76(117)88(130)107-68(44-61-48-99-54-104-61)85(127)109-69(39-55(3)4)89(131)113(6)50-62(119)42-58(41-59-46-101-65-31-23-21-29-63(59)65)82(124)111-73(51-118)86(128)110-71(43-60-47-102-66-32-24-22-30-64(60)66)91(133)116(9)77(93(135)115(75)8)35-20-15-13-11-2/h10-11,16-18,21-24,27-32,46-48,54-56,58,67-77,101-102,118H,1-2,12-15,19-20,25-26,33-45,49-53H2,3-9H3,(H2,95,120)(H2,96,121)(H,99,104)(H,103,125)(H,105,122)(H,106,129)(H,107,130)(H,108,123)(H,109,127)(H,110,128)(H,111,124)(H,112,126)(H4,97,98,100)/t56-,58+,67-,68-,69-,70-,71-,72-,73-,74-,75-,76-,77-/m0/s1. The van der Waals surface area contributed by atoms with Crippen LogP contribution in [0.15, 0.2) is 129 Å². The molecule has 0 bridgehead atoms. The molecule has 8 rings (SSSR count). The average Bonchev–Trinajstić information content (AvgIpc) is 1.44. The molecule has 0 saturated carbocycles. The zero-order valence-corrected chi connectivity index (χ0v) is 78.9. The SMILES string of the molecule is C=CCCCC[C@H]1C(=O)N(C)[C@@H](CCCCC=C)C(=O)N[C@@H](CCCNC(=N)N)C(=O)N[C@H](C(=O)NCC(N)=O)CSCC(=O)N[C@@H](Cc2ccccc2)C(=O)N(C)[C@@H](C)C(=O)N[C@@H](CC(N)=O)C(=O)N2CCC[C@H]2C(=O)N[C@@H](Cc2cnc[nH]2)C(=O)N[C@@H](CC(C)C)C(=O)N(C)CC(=O)C[C@@H](Cc2c[nH]c3ccccc23)C(=O)N[C@@H](CO)C(=O)N[C@@H](Cc2c[nH]c3ccccc23)C(=O)N1C. The van der Waals surface area contributed by atoms with E-state index in [-0.39, 0.29) is 89.6 Å². The Morgan fingerprint density at radius 3 is 1.74 bits per heavy atom. The van der Waals surface area contributed by atoms with Crippen molar-refractivity contribution in [1.29, 1.82) is 5.41 Å². The number of nitrogens with one attached hydrogen (secondary N) is 14. The van der Waals surface area contributed by atoms with Gasteiger partial charge in [-0.3, -0.25) is 86.9 Å². The van der Waals surface area contributed by atoms with Crippen molar-refractivity contribution in [2.24, 2.45) is 29.0 Å². The topological polar surface area (TPSA) is 609 Å².